The molecule has 1 fully saturated rings. The first-order valence-electron chi connectivity index (χ1n) is 8.57. The van der Waals surface area contributed by atoms with Crippen LogP contribution in [0, 0.1) is 0 Å². The Morgan fingerprint density at radius 1 is 1.00 bits per heavy atom. The summed E-state index contributed by atoms with van der Waals surface area (Å²) >= 11 is 0. The Hall–Kier alpha value is -2.83. The fourth-order valence-corrected chi connectivity index (χ4v) is 3.03. The highest BCUT2D eigenvalue weighted by atomic mass is 16.6. The maximum atomic E-state index is 12.4. The number of carbonyl (C=O) groups excluding carboxylic acids is 1. The number of aromatic nitrogens is 2. The van der Waals surface area contributed by atoms with Crippen LogP contribution < -0.4 is 14.8 Å². The zero-order valence-electron chi connectivity index (χ0n) is 13.9. The largest absolute Gasteiger partial charge is 0.486 e. The van der Waals surface area contributed by atoms with Crippen molar-refractivity contribution in [3.05, 3.63) is 36.3 Å². The van der Waals surface area contributed by atoms with E-state index in [1.165, 1.54) is 12.6 Å². The molecule has 2 aromatic rings. The van der Waals surface area contributed by atoms with Gasteiger partial charge in [0.05, 0.1) is 12.4 Å². The lowest BCUT2D eigenvalue weighted by Crippen LogP contribution is -2.36. The van der Waals surface area contributed by atoms with Crippen LogP contribution in [0.2, 0.25) is 0 Å². The van der Waals surface area contributed by atoms with Crippen molar-refractivity contribution in [2.45, 2.75) is 19.3 Å². The summed E-state index contributed by atoms with van der Waals surface area (Å²) in [7, 11) is 0. The number of ether oxygens (including phenoxy) is 2. The summed E-state index contributed by atoms with van der Waals surface area (Å²) in [5.41, 5.74) is 1.21. The first-order valence-corrected chi connectivity index (χ1v) is 8.57. The van der Waals surface area contributed by atoms with E-state index in [0.29, 0.717) is 30.5 Å². The Bertz CT molecular complexity index is 757. The molecule has 0 bridgehead atoms. The maximum absolute atomic E-state index is 12.4. The molecular weight excluding hydrogens is 320 g/mol. The van der Waals surface area contributed by atoms with Crippen LogP contribution in [0.5, 0.6) is 11.5 Å². The molecule has 1 N–H and O–H groups in total. The van der Waals surface area contributed by atoms with Crippen LogP contribution in [0.25, 0.3) is 0 Å². The highest BCUT2D eigenvalue weighted by Crippen LogP contribution is 2.33. The van der Waals surface area contributed by atoms with Crippen molar-refractivity contribution in [1.82, 2.24) is 14.9 Å². The van der Waals surface area contributed by atoms with Crippen molar-refractivity contribution in [3.63, 3.8) is 0 Å². The Kier molecular flexibility index (Phi) is 4.37. The number of piperidine rings is 1. The second-order valence-electron chi connectivity index (χ2n) is 6.12. The molecule has 0 atom stereocenters. The van der Waals surface area contributed by atoms with Crippen molar-refractivity contribution in [1.29, 1.82) is 0 Å². The van der Waals surface area contributed by atoms with E-state index in [9.17, 15) is 4.79 Å². The van der Waals surface area contributed by atoms with Crippen molar-refractivity contribution < 1.29 is 14.3 Å². The Morgan fingerprint density at radius 3 is 2.56 bits per heavy atom. The summed E-state index contributed by atoms with van der Waals surface area (Å²) in [4.78, 5) is 22.8. The van der Waals surface area contributed by atoms with Gasteiger partial charge in [0, 0.05) is 24.8 Å². The predicted molar refractivity (Wildman–Crippen MR) is 92.5 cm³/mol. The monoisotopic (exact) mass is 340 g/mol. The number of carbonyl (C=O) groups is 1. The summed E-state index contributed by atoms with van der Waals surface area (Å²) in [6.45, 7) is 2.72. The number of benzene rings is 1. The molecule has 0 spiro atoms. The number of anilines is 2. The number of likely N-dealkylation sites (tertiary alicyclic amines) is 1. The summed E-state index contributed by atoms with van der Waals surface area (Å²) in [5, 5.41) is 3.17. The average molecular weight is 340 g/mol. The lowest BCUT2D eigenvalue weighted by molar-refractivity contribution is 0.0718. The Labute approximate surface area is 146 Å². The van der Waals surface area contributed by atoms with E-state index in [1.807, 2.05) is 23.1 Å². The molecule has 1 saturated heterocycles. The normalized spacial score (nSPS) is 16.4. The lowest BCUT2D eigenvalue weighted by atomic mass is 10.1. The van der Waals surface area contributed by atoms with Crippen LogP contribution in [0.1, 0.15) is 29.8 Å². The van der Waals surface area contributed by atoms with Gasteiger partial charge in [-0.15, -0.1) is 0 Å². The fourth-order valence-electron chi connectivity index (χ4n) is 3.03. The molecule has 7 heteroatoms. The lowest BCUT2D eigenvalue weighted by Gasteiger charge is -2.26. The van der Waals surface area contributed by atoms with Crippen molar-refractivity contribution >= 4 is 17.4 Å². The molecule has 0 unspecified atom stereocenters. The highest BCUT2D eigenvalue weighted by Gasteiger charge is 2.19. The first-order chi connectivity index (χ1) is 12.3. The summed E-state index contributed by atoms with van der Waals surface area (Å²) < 4.78 is 11.1. The van der Waals surface area contributed by atoms with E-state index in [4.69, 9.17) is 9.47 Å². The highest BCUT2D eigenvalue weighted by molar-refractivity contribution is 5.92. The molecule has 0 saturated carbocycles. The van der Waals surface area contributed by atoms with Crippen LogP contribution in [0.4, 0.5) is 11.5 Å². The topological polar surface area (TPSA) is 76.6 Å². The van der Waals surface area contributed by atoms with Crippen LogP contribution in [0.3, 0.4) is 0 Å². The van der Waals surface area contributed by atoms with Gasteiger partial charge in [-0.3, -0.25) is 4.79 Å². The van der Waals surface area contributed by atoms with Gasteiger partial charge in [0.15, 0.2) is 11.5 Å². The molecule has 0 aliphatic carbocycles. The zero-order valence-corrected chi connectivity index (χ0v) is 13.9. The molecule has 0 radical (unpaired) electrons. The average Bonchev–Trinajstić information content (AvgIpc) is 2.69. The van der Waals surface area contributed by atoms with Crippen molar-refractivity contribution in [2.75, 3.05) is 31.6 Å². The van der Waals surface area contributed by atoms with Crippen LogP contribution >= 0.6 is 0 Å². The standard InChI is InChI=1S/C18H20N4O3/c23-18(22-6-2-1-3-7-22)14-11-20-17(12-19-14)21-13-4-5-15-16(10-13)25-9-8-24-15/h4-5,10-12H,1-3,6-9H2,(H,20,21). The van der Waals surface area contributed by atoms with E-state index in [0.717, 1.165) is 37.4 Å². The van der Waals surface area contributed by atoms with Crippen LogP contribution in [0.15, 0.2) is 30.6 Å². The second kappa shape index (κ2) is 6.96. The summed E-state index contributed by atoms with van der Waals surface area (Å²) in [6.07, 6.45) is 6.41. The summed E-state index contributed by atoms with van der Waals surface area (Å²) in [6, 6.07) is 5.61. The Morgan fingerprint density at radius 2 is 1.80 bits per heavy atom. The van der Waals surface area contributed by atoms with E-state index in [1.54, 1.807) is 6.20 Å². The number of hydrogen-bond donors (Lipinski definition) is 1. The Balaban J connectivity index is 1.44. The molecule has 2 aliphatic rings. The van der Waals surface area contributed by atoms with Crippen molar-refractivity contribution in [3.8, 4) is 11.5 Å². The second-order valence-corrected chi connectivity index (χ2v) is 6.12. The number of nitrogens with zero attached hydrogens (tertiary/aromatic N) is 3. The van der Waals surface area contributed by atoms with Gasteiger partial charge in [-0.25, -0.2) is 9.97 Å². The molecule has 1 aromatic heterocycles. The van der Waals surface area contributed by atoms with Gasteiger partial charge < -0.3 is 19.7 Å². The van der Waals surface area contributed by atoms with Gasteiger partial charge in [0.1, 0.15) is 24.7 Å². The first kappa shape index (κ1) is 15.7. The van der Waals surface area contributed by atoms with E-state index < -0.39 is 0 Å². The quantitative estimate of drug-likeness (QED) is 0.925. The number of hydrogen-bond acceptors (Lipinski definition) is 6. The minimum absolute atomic E-state index is 0.0434. The fraction of sp³-hybridized carbons (Fsp3) is 0.389. The number of nitrogens with one attached hydrogen (secondary N) is 1. The molecular formula is C18H20N4O3. The molecule has 7 nitrogen and oxygen atoms in total. The number of fused-ring (bicyclic) bond motifs is 1. The molecule has 2 aliphatic heterocycles. The minimum atomic E-state index is -0.0434. The van der Waals surface area contributed by atoms with Crippen molar-refractivity contribution in [2.24, 2.45) is 0 Å². The van der Waals surface area contributed by atoms with E-state index >= 15 is 0 Å². The number of rotatable bonds is 3. The van der Waals surface area contributed by atoms with E-state index in [2.05, 4.69) is 15.3 Å². The van der Waals surface area contributed by atoms with Gasteiger partial charge in [0.2, 0.25) is 0 Å². The van der Waals surface area contributed by atoms with Gasteiger partial charge in [-0.1, -0.05) is 0 Å². The molecule has 4 rings (SSSR count). The number of amides is 1. The smallest absolute Gasteiger partial charge is 0.274 e. The molecule has 130 valence electrons. The maximum Gasteiger partial charge on any atom is 0.274 e. The third-order valence-corrected chi connectivity index (χ3v) is 4.33. The molecule has 1 aromatic carbocycles. The van der Waals surface area contributed by atoms with Gasteiger partial charge >= 0.3 is 0 Å². The molecule has 1 amide bonds. The van der Waals surface area contributed by atoms with Gasteiger partial charge in [0.25, 0.3) is 5.91 Å². The minimum Gasteiger partial charge on any atom is -0.486 e. The SMILES string of the molecule is O=C(c1cnc(Nc2ccc3c(c2)OCCO3)cn1)N1CCCCC1. The van der Waals surface area contributed by atoms with Crippen LogP contribution in [-0.2, 0) is 0 Å². The van der Waals surface area contributed by atoms with Gasteiger partial charge in [-0.05, 0) is 31.4 Å². The molecule has 25 heavy (non-hydrogen) atoms. The van der Waals surface area contributed by atoms with Gasteiger partial charge in [-0.2, -0.15) is 0 Å². The third kappa shape index (κ3) is 3.50. The summed E-state index contributed by atoms with van der Waals surface area (Å²) in [5.74, 6) is 1.98. The molecule has 3 heterocycles. The van der Waals surface area contributed by atoms with Crippen LogP contribution in [-0.4, -0.2) is 47.1 Å². The third-order valence-electron chi connectivity index (χ3n) is 4.33. The predicted octanol–water partition coefficient (Wildman–Crippen LogP) is 2.62. The zero-order chi connectivity index (χ0) is 17.1. The van der Waals surface area contributed by atoms with E-state index in [-0.39, 0.29) is 5.91 Å².